The van der Waals surface area contributed by atoms with E-state index in [1.165, 1.54) is 12.4 Å². The predicted octanol–water partition coefficient (Wildman–Crippen LogP) is -1.43. The lowest BCUT2D eigenvalue weighted by atomic mass is 10.3. The highest BCUT2D eigenvalue weighted by Gasteiger charge is 2.21. The van der Waals surface area contributed by atoms with Gasteiger partial charge >= 0.3 is 0 Å². The molecular weight excluding hydrogens is 156 g/mol. The van der Waals surface area contributed by atoms with Crippen LogP contribution in [0.1, 0.15) is 0 Å². The van der Waals surface area contributed by atoms with Crippen molar-refractivity contribution in [3.05, 3.63) is 58.5 Å². The maximum atomic E-state index is 11.1. The fourth-order valence-corrected chi connectivity index (χ4v) is 1.25. The third kappa shape index (κ3) is 1.03. The van der Waals surface area contributed by atoms with Crippen molar-refractivity contribution in [3.63, 3.8) is 0 Å². The van der Waals surface area contributed by atoms with Crippen molar-refractivity contribution in [1.82, 2.24) is 0 Å². The molecular formula is C8H8N2O2. The highest BCUT2D eigenvalue weighted by Crippen LogP contribution is 2.03. The van der Waals surface area contributed by atoms with Gasteiger partial charge < -0.3 is 20.5 Å². The van der Waals surface area contributed by atoms with Crippen LogP contribution in [0.2, 0.25) is 0 Å². The molecule has 12 heavy (non-hydrogen) atoms. The van der Waals surface area contributed by atoms with Crippen LogP contribution in [-0.2, 0) is 0 Å². The van der Waals surface area contributed by atoms with Crippen LogP contribution in [0.15, 0.2) is 48.1 Å². The fourth-order valence-electron chi connectivity index (χ4n) is 1.25. The molecule has 0 fully saturated rings. The van der Waals surface area contributed by atoms with Crippen molar-refractivity contribution in [3.8, 4) is 0 Å². The number of allylic oxidation sites excluding steroid dienone is 4. The van der Waals surface area contributed by atoms with Gasteiger partial charge in [-0.1, -0.05) is 0 Å². The highest BCUT2D eigenvalue weighted by atomic mass is 16.5. The summed E-state index contributed by atoms with van der Waals surface area (Å²) in [6.07, 6.45) is 9.57. The molecule has 0 aromatic rings. The number of nitrogens with one attached hydrogen (secondary N) is 2. The Bertz CT molecular complexity index is 283. The van der Waals surface area contributed by atoms with Crippen LogP contribution in [0.25, 0.3) is 0 Å². The minimum absolute atomic E-state index is 0.0849. The predicted molar refractivity (Wildman–Crippen MR) is 43.1 cm³/mol. The molecule has 2 aliphatic rings. The van der Waals surface area contributed by atoms with E-state index in [0.717, 1.165) is 0 Å². The SMILES string of the molecule is [O-][NH+]1C=CC=C1C1=CC=C[NH+]1[O-]. The quantitative estimate of drug-likeness (QED) is 0.467. The van der Waals surface area contributed by atoms with E-state index in [2.05, 4.69) is 0 Å². The van der Waals surface area contributed by atoms with Gasteiger partial charge in [-0.15, -0.1) is 0 Å². The highest BCUT2D eigenvalue weighted by molar-refractivity contribution is 5.30. The summed E-state index contributed by atoms with van der Waals surface area (Å²) in [5, 5.41) is 22.1. The topological polar surface area (TPSA) is 55.0 Å². The fraction of sp³-hybridized carbons (Fsp3) is 0. The van der Waals surface area contributed by atoms with Crippen LogP contribution in [0, 0.1) is 10.4 Å². The van der Waals surface area contributed by atoms with E-state index in [0.29, 0.717) is 11.4 Å². The minimum atomic E-state index is -0.0849. The first-order valence-corrected chi connectivity index (χ1v) is 3.65. The molecule has 2 N–H and O–H groups in total. The lowest BCUT2D eigenvalue weighted by Crippen LogP contribution is -3.07. The van der Waals surface area contributed by atoms with E-state index >= 15 is 0 Å². The zero-order chi connectivity index (χ0) is 8.55. The molecule has 2 atom stereocenters. The van der Waals surface area contributed by atoms with Gasteiger partial charge in [0.2, 0.25) is 0 Å². The summed E-state index contributed by atoms with van der Waals surface area (Å²) < 4.78 is 0. The summed E-state index contributed by atoms with van der Waals surface area (Å²) in [5.41, 5.74) is 1.01. The summed E-state index contributed by atoms with van der Waals surface area (Å²) in [5.74, 6) is 0. The van der Waals surface area contributed by atoms with Crippen LogP contribution in [0.5, 0.6) is 0 Å². The average molecular weight is 164 g/mol. The van der Waals surface area contributed by atoms with E-state index in [4.69, 9.17) is 0 Å². The number of hydrogen-bond donors (Lipinski definition) is 2. The Kier molecular flexibility index (Phi) is 1.67. The first kappa shape index (κ1) is 7.45. The molecule has 4 heteroatoms. The summed E-state index contributed by atoms with van der Waals surface area (Å²) in [6, 6.07) is 0. The maximum Gasteiger partial charge on any atom is 0.198 e. The molecule has 0 saturated carbocycles. The molecule has 2 aliphatic heterocycles. The van der Waals surface area contributed by atoms with Gasteiger partial charge in [-0.25, -0.2) is 0 Å². The monoisotopic (exact) mass is 164 g/mol. The first-order valence-electron chi connectivity index (χ1n) is 3.65. The van der Waals surface area contributed by atoms with Crippen molar-refractivity contribution in [2.24, 2.45) is 0 Å². The number of hydroxylamine groups is 4. The second-order valence-corrected chi connectivity index (χ2v) is 2.61. The third-order valence-electron chi connectivity index (χ3n) is 1.84. The van der Waals surface area contributed by atoms with Crippen LogP contribution < -0.4 is 10.1 Å². The van der Waals surface area contributed by atoms with Gasteiger partial charge in [0.15, 0.2) is 11.4 Å². The molecule has 0 aliphatic carbocycles. The van der Waals surface area contributed by atoms with Crippen molar-refractivity contribution in [2.45, 2.75) is 0 Å². The molecule has 4 nitrogen and oxygen atoms in total. The van der Waals surface area contributed by atoms with Gasteiger partial charge in [0, 0.05) is 12.2 Å². The number of hydrogen-bond acceptors (Lipinski definition) is 2. The van der Waals surface area contributed by atoms with Crippen molar-refractivity contribution >= 4 is 0 Å². The largest absolute Gasteiger partial charge is 0.624 e. The molecule has 2 heterocycles. The van der Waals surface area contributed by atoms with Gasteiger partial charge in [-0.2, -0.15) is 0 Å². The van der Waals surface area contributed by atoms with E-state index < -0.39 is 0 Å². The van der Waals surface area contributed by atoms with Crippen LogP contribution >= 0.6 is 0 Å². The maximum absolute atomic E-state index is 11.1. The lowest BCUT2D eigenvalue weighted by molar-refractivity contribution is -0.790. The number of rotatable bonds is 1. The van der Waals surface area contributed by atoms with Gasteiger partial charge in [0.1, 0.15) is 0 Å². The van der Waals surface area contributed by atoms with Crippen LogP contribution in [-0.4, -0.2) is 0 Å². The lowest BCUT2D eigenvalue weighted by Gasteiger charge is -2.21. The van der Waals surface area contributed by atoms with E-state index in [-0.39, 0.29) is 10.1 Å². The molecule has 0 aromatic heterocycles. The Morgan fingerprint density at radius 2 is 1.25 bits per heavy atom. The Morgan fingerprint density at radius 1 is 0.833 bits per heavy atom. The van der Waals surface area contributed by atoms with Gasteiger partial charge in [0.25, 0.3) is 0 Å². The summed E-state index contributed by atoms with van der Waals surface area (Å²) in [4.78, 5) is 0. The van der Waals surface area contributed by atoms with E-state index in [1.54, 1.807) is 24.3 Å². The summed E-state index contributed by atoms with van der Waals surface area (Å²) in [6.45, 7) is 0. The third-order valence-corrected chi connectivity index (χ3v) is 1.84. The zero-order valence-corrected chi connectivity index (χ0v) is 6.28. The molecule has 0 spiro atoms. The minimum Gasteiger partial charge on any atom is -0.624 e. The molecule has 0 aromatic carbocycles. The zero-order valence-electron chi connectivity index (χ0n) is 6.28. The molecule has 0 radical (unpaired) electrons. The van der Waals surface area contributed by atoms with Gasteiger partial charge in [-0.3, -0.25) is 0 Å². The second-order valence-electron chi connectivity index (χ2n) is 2.61. The Balaban J connectivity index is 2.23. The Morgan fingerprint density at radius 3 is 1.50 bits per heavy atom. The molecule has 62 valence electrons. The molecule has 2 rings (SSSR count). The van der Waals surface area contributed by atoms with Crippen molar-refractivity contribution < 1.29 is 10.1 Å². The second kappa shape index (κ2) is 2.69. The first-order chi connectivity index (χ1) is 5.79. The van der Waals surface area contributed by atoms with Gasteiger partial charge in [-0.05, 0) is 12.2 Å². The summed E-state index contributed by atoms with van der Waals surface area (Å²) >= 11 is 0. The van der Waals surface area contributed by atoms with Crippen LogP contribution in [0.3, 0.4) is 0 Å². The Hall–Kier alpha value is -1.20. The molecule has 0 amide bonds. The Labute approximate surface area is 69.5 Å². The van der Waals surface area contributed by atoms with Crippen molar-refractivity contribution in [2.75, 3.05) is 0 Å². The smallest absolute Gasteiger partial charge is 0.198 e. The normalized spacial score (nSPS) is 32.5. The van der Waals surface area contributed by atoms with E-state index in [1.807, 2.05) is 0 Å². The average Bonchev–Trinajstić information content (AvgIpc) is 2.59. The van der Waals surface area contributed by atoms with Gasteiger partial charge in [0.05, 0.1) is 12.4 Å². The van der Waals surface area contributed by atoms with E-state index in [9.17, 15) is 10.4 Å². The standard InChI is InChI=1S/C8H8N2O2/c11-9-5-1-3-7(9)8-4-2-6-10(8)12/h1-6,9-10H. The van der Waals surface area contributed by atoms with Crippen molar-refractivity contribution in [1.29, 1.82) is 0 Å². The molecule has 0 saturated heterocycles. The molecule has 0 bridgehead atoms. The number of quaternary nitrogens is 2. The summed E-state index contributed by atoms with van der Waals surface area (Å²) in [7, 11) is 0. The van der Waals surface area contributed by atoms with Crippen LogP contribution in [0.4, 0.5) is 0 Å². The molecule has 2 unspecified atom stereocenters.